The Balaban J connectivity index is 2.80. The van der Waals surface area contributed by atoms with E-state index in [-0.39, 0.29) is 29.3 Å². The zero-order chi connectivity index (χ0) is 14.8. The first kappa shape index (κ1) is 15.8. The highest BCUT2D eigenvalue weighted by Crippen LogP contribution is 2.23. The molecule has 0 saturated carbocycles. The van der Waals surface area contributed by atoms with Crippen LogP contribution in [0.3, 0.4) is 0 Å². The number of benzene rings is 1. The molecule has 19 heavy (non-hydrogen) atoms. The molecule has 0 aliphatic carbocycles. The van der Waals surface area contributed by atoms with Gasteiger partial charge in [-0.05, 0) is 31.5 Å². The van der Waals surface area contributed by atoms with E-state index in [1.807, 2.05) is 18.9 Å². The molecule has 0 aliphatic rings. The summed E-state index contributed by atoms with van der Waals surface area (Å²) in [6, 6.07) is 3.20. The number of Topliss-reactive ketones (excluding diaryl/α,β-unsaturated/α-hetero) is 1. The first-order valence-electron chi connectivity index (χ1n) is 6.31. The number of rotatable bonds is 4. The van der Waals surface area contributed by atoms with E-state index in [1.165, 1.54) is 6.07 Å². The molecule has 0 amide bonds. The van der Waals surface area contributed by atoms with Crippen molar-refractivity contribution < 1.29 is 13.6 Å². The lowest BCUT2D eigenvalue weighted by molar-refractivity contribution is 0.0850. The van der Waals surface area contributed by atoms with Crippen LogP contribution in [0, 0.1) is 17.0 Å². The molecule has 0 spiro atoms. The summed E-state index contributed by atoms with van der Waals surface area (Å²) in [5.41, 5.74) is -0.0366. The highest BCUT2D eigenvalue weighted by atomic mass is 19.1. The lowest BCUT2D eigenvalue weighted by Gasteiger charge is -2.34. The minimum Gasteiger partial charge on any atom is -0.296 e. The summed E-state index contributed by atoms with van der Waals surface area (Å²) >= 11 is 0. The fourth-order valence-corrected chi connectivity index (χ4v) is 1.83. The zero-order valence-electron chi connectivity index (χ0n) is 12.1. The molecule has 1 aromatic rings. The van der Waals surface area contributed by atoms with Crippen LogP contribution < -0.4 is 0 Å². The monoisotopic (exact) mass is 269 g/mol. The molecule has 0 aliphatic heterocycles. The molecule has 1 atom stereocenters. The number of likely N-dealkylation sites (N-methyl/N-ethyl adjacent to an activating group) is 1. The van der Waals surface area contributed by atoms with Crippen LogP contribution in [0.1, 0.15) is 38.1 Å². The second-order valence-corrected chi connectivity index (χ2v) is 6.00. The molecular formula is C15H21F2NO. The highest BCUT2D eigenvalue weighted by molar-refractivity contribution is 5.97. The van der Waals surface area contributed by atoms with Crippen LogP contribution >= 0.6 is 0 Å². The molecule has 1 unspecified atom stereocenters. The normalized spacial score (nSPS) is 13.7. The Morgan fingerprint density at radius 1 is 1.32 bits per heavy atom. The number of hydrogen-bond donors (Lipinski definition) is 0. The van der Waals surface area contributed by atoms with Crippen molar-refractivity contribution in [1.82, 2.24) is 4.90 Å². The molecular weight excluding hydrogens is 248 g/mol. The number of halogens is 2. The topological polar surface area (TPSA) is 20.3 Å². The Kier molecular flexibility index (Phi) is 4.80. The van der Waals surface area contributed by atoms with Gasteiger partial charge in [-0.3, -0.25) is 9.69 Å². The first-order chi connectivity index (χ1) is 8.62. The van der Waals surface area contributed by atoms with Gasteiger partial charge in [-0.2, -0.15) is 0 Å². The van der Waals surface area contributed by atoms with Crippen molar-refractivity contribution in [2.24, 2.45) is 5.41 Å². The summed E-state index contributed by atoms with van der Waals surface area (Å²) < 4.78 is 26.3. The molecule has 1 aromatic carbocycles. The van der Waals surface area contributed by atoms with E-state index >= 15 is 0 Å². The summed E-state index contributed by atoms with van der Waals surface area (Å²) in [6.45, 7) is 8.38. The van der Waals surface area contributed by atoms with Crippen LogP contribution in [-0.2, 0) is 0 Å². The number of carbonyl (C=O) groups excluding carboxylic acids is 1. The van der Waals surface area contributed by atoms with Gasteiger partial charge in [0.15, 0.2) is 5.78 Å². The van der Waals surface area contributed by atoms with Gasteiger partial charge in [0, 0.05) is 12.1 Å². The predicted octanol–water partition coefficient (Wildman–Crippen LogP) is 3.51. The smallest absolute Gasteiger partial charge is 0.179 e. The van der Waals surface area contributed by atoms with Gasteiger partial charge in [0.2, 0.25) is 0 Å². The van der Waals surface area contributed by atoms with E-state index in [0.29, 0.717) is 0 Å². The molecule has 1 rings (SSSR count). The van der Waals surface area contributed by atoms with Crippen molar-refractivity contribution in [2.45, 2.75) is 33.7 Å². The van der Waals surface area contributed by atoms with Crippen molar-refractivity contribution in [3.8, 4) is 0 Å². The van der Waals surface area contributed by atoms with Gasteiger partial charge in [0.05, 0.1) is 12.1 Å². The molecule has 0 N–H and O–H groups in total. The lowest BCUT2D eigenvalue weighted by atomic mass is 9.87. The summed E-state index contributed by atoms with van der Waals surface area (Å²) in [6.07, 6.45) is 0. The maximum absolute atomic E-state index is 13.5. The molecule has 4 heteroatoms. The third-order valence-corrected chi connectivity index (χ3v) is 3.54. The van der Waals surface area contributed by atoms with Crippen molar-refractivity contribution >= 4 is 5.78 Å². The van der Waals surface area contributed by atoms with Gasteiger partial charge in [0.25, 0.3) is 0 Å². The van der Waals surface area contributed by atoms with Crippen LogP contribution in [0.15, 0.2) is 18.2 Å². The summed E-state index contributed by atoms with van der Waals surface area (Å²) in [4.78, 5) is 13.9. The van der Waals surface area contributed by atoms with Gasteiger partial charge in [-0.1, -0.05) is 20.8 Å². The quantitative estimate of drug-likeness (QED) is 0.780. The summed E-state index contributed by atoms with van der Waals surface area (Å²) in [5, 5.41) is 0. The average molecular weight is 269 g/mol. The van der Waals surface area contributed by atoms with E-state index < -0.39 is 11.6 Å². The minimum atomic E-state index is -0.804. The van der Waals surface area contributed by atoms with E-state index in [1.54, 1.807) is 0 Å². The van der Waals surface area contributed by atoms with Gasteiger partial charge in [0.1, 0.15) is 11.6 Å². The molecule has 106 valence electrons. The van der Waals surface area contributed by atoms with Crippen molar-refractivity contribution in [1.29, 1.82) is 0 Å². The Morgan fingerprint density at radius 2 is 1.89 bits per heavy atom. The van der Waals surface area contributed by atoms with E-state index in [9.17, 15) is 13.6 Å². The second kappa shape index (κ2) is 5.78. The molecule has 0 aromatic heterocycles. The van der Waals surface area contributed by atoms with E-state index in [0.717, 1.165) is 12.1 Å². The average Bonchev–Trinajstić information content (AvgIpc) is 2.26. The third-order valence-electron chi connectivity index (χ3n) is 3.54. The Morgan fingerprint density at radius 3 is 2.37 bits per heavy atom. The van der Waals surface area contributed by atoms with Gasteiger partial charge >= 0.3 is 0 Å². The SMILES string of the molecule is CC(N(C)CC(=O)c1ccc(F)cc1F)C(C)(C)C. The van der Waals surface area contributed by atoms with Crippen LogP contribution in [0.5, 0.6) is 0 Å². The van der Waals surface area contributed by atoms with Crippen LogP contribution in [0.2, 0.25) is 0 Å². The van der Waals surface area contributed by atoms with E-state index in [4.69, 9.17) is 0 Å². The number of nitrogens with zero attached hydrogens (tertiary/aromatic N) is 1. The van der Waals surface area contributed by atoms with E-state index in [2.05, 4.69) is 20.8 Å². The van der Waals surface area contributed by atoms with Gasteiger partial charge in [-0.15, -0.1) is 0 Å². The maximum atomic E-state index is 13.5. The first-order valence-corrected chi connectivity index (χ1v) is 6.31. The molecule has 0 fully saturated rings. The molecule has 0 heterocycles. The molecule has 0 saturated heterocycles. The molecule has 0 radical (unpaired) electrons. The van der Waals surface area contributed by atoms with Gasteiger partial charge < -0.3 is 0 Å². The van der Waals surface area contributed by atoms with Crippen LogP contribution in [-0.4, -0.2) is 30.3 Å². The molecule has 0 bridgehead atoms. The van der Waals surface area contributed by atoms with Crippen molar-refractivity contribution in [3.05, 3.63) is 35.4 Å². The third kappa shape index (κ3) is 4.10. The largest absolute Gasteiger partial charge is 0.296 e. The Hall–Kier alpha value is -1.29. The lowest BCUT2D eigenvalue weighted by Crippen LogP contribution is -2.42. The maximum Gasteiger partial charge on any atom is 0.179 e. The number of carbonyl (C=O) groups is 1. The zero-order valence-corrected chi connectivity index (χ0v) is 12.1. The van der Waals surface area contributed by atoms with Crippen LogP contribution in [0.4, 0.5) is 8.78 Å². The predicted molar refractivity (Wildman–Crippen MR) is 72.2 cm³/mol. The fraction of sp³-hybridized carbons (Fsp3) is 0.533. The minimum absolute atomic E-state index is 0.0242. The summed E-state index contributed by atoms with van der Waals surface area (Å²) in [7, 11) is 1.83. The fourth-order valence-electron chi connectivity index (χ4n) is 1.83. The number of hydrogen-bond acceptors (Lipinski definition) is 2. The standard InChI is InChI=1S/C15H21F2NO/c1-10(15(2,3)4)18(5)9-14(19)12-7-6-11(16)8-13(12)17/h6-8,10H,9H2,1-5H3. The Labute approximate surface area is 113 Å². The van der Waals surface area contributed by atoms with Crippen LogP contribution in [0.25, 0.3) is 0 Å². The van der Waals surface area contributed by atoms with Crippen molar-refractivity contribution in [2.75, 3.05) is 13.6 Å². The number of ketones is 1. The highest BCUT2D eigenvalue weighted by Gasteiger charge is 2.25. The van der Waals surface area contributed by atoms with Gasteiger partial charge in [-0.25, -0.2) is 8.78 Å². The molecule has 2 nitrogen and oxygen atoms in total. The second-order valence-electron chi connectivity index (χ2n) is 6.00. The van der Waals surface area contributed by atoms with Crippen molar-refractivity contribution in [3.63, 3.8) is 0 Å². The summed E-state index contributed by atoms with van der Waals surface area (Å²) in [5.74, 6) is -1.82. The Bertz CT molecular complexity index is 466.